The number of H-pyrrole nitrogens is 1. The maximum absolute atomic E-state index is 13.7. The molecule has 3 N–H and O–H groups in total. The zero-order valence-electron chi connectivity index (χ0n) is 15.1. The van der Waals surface area contributed by atoms with Crippen LogP contribution in [0.2, 0.25) is 0 Å². The third-order valence-electron chi connectivity index (χ3n) is 5.16. The average Bonchev–Trinajstić information content (AvgIpc) is 3.28. The Bertz CT molecular complexity index is 1050. The van der Waals surface area contributed by atoms with Gasteiger partial charge in [-0.1, -0.05) is 18.2 Å². The van der Waals surface area contributed by atoms with Crippen molar-refractivity contribution in [2.45, 2.75) is 18.4 Å². The van der Waals surface area contributed by atoms with Crippen molar-refractivity contribution in [3.8, 4) is 0 Å². The summed E-state index contributed by atoms with van der Waals surface area (Å²) in [6, 6.07) is 13.7. The van der Waals surface area contributed by atoms with Crippen LogP contribution < -0.4 is 10.2 Å². The molecule has 4 rings (SSSR count). The molecule has 0 radical (unpaired) electrons. The highest BCUT2D eigenvalue weighted by molar-refractivity contribution is 6.16. The van der Waals surface area contributed by atoms with Crippen LogP contribution in [-0.2, 0) is 16.0 Å². The fourth-order valence-electron chi connectivity index (χ4n) is 3.53. The Hall–Kier alpha value is -3.19. The number of fused-ring (bicyclic) bond motifs is 1. The highest BCUT2D eigenvalue weighted by atomic mass is 19.1. The van der Waals surface area contributed by atoms with Gasteiger partial charge in [-0.05, 0) is 42.3 Å². The van der Waals surface area contributed by atoms with Crippen LogP contribution in [0.4, 0.5) is 10.1 Å². The molecule has 2 amide bonds. The molecule has 0 spiro atoms. The van der Waals surface area contributed by atoms with Gasteiger partial charge in [0, 0.05) is 42.3 Å². The van der Waals surface area contributed by atoms with E-state index < -0.39 is 17.4 Å². The smallest absolute Gasteiger partial charge is 0.268 e. The molecular formula is C21H20FN3O3. The molecule has 1 atom stereocenters. The Labute approximate surface area is 161 Å². The van der Waals surface area contributed by atoms with E-state index in [1.165, 1.54) is 11.0 Å². The number of nitrogens with one attached hydrogen (secondary N) is 2. The lowest BCUT2D eigenvalue weighted by Crippen LogP contribution is -2.52. The Morgan fingerprint density at radius 2 is 2.07 bits per heavy atom. The van der Waals surface area contributed by atoms with Gasteiger partial charge in [-0.3, -0.25) is 9.59 Å². The number of carbonyl (C=O) groups is 2. The number of aromatic amines is 1. The number of anilines is 1. The third kappa shape index (κ3) is 3.14. The molecule has 7 heteroatoms. The van der Waals surface area contributed by atoms with Crippen molar-refractivity contribution in [3.05, 3.63) is 66.1 Å². The number of rotatable bonds is 5. The van der Waals surface area contributed by atoms with Crippen LogP contribution in [0.3, 0.4) is 0 Å². The number of carbonyl (C=O) groups excluding carboxylic acids is 2. The fourth-order valence-corrected chi connectivity index (χ4v) is 3.53. The van der Waals surface area contributed by atoms with Gasteiger partial charge in [0.1, 0.15) is 5.82 Å². The Kier molecular flexibility index (Phi) is 4.60. The highest BCUT2D eigenvalue weighted by Gasteiger charge is 2.51. The minimum Gasteiger partial charge on any atom is -0.372 e. The number of halogens is 1. The van der Waals surface area contributed by atoms with E-state index in [4.69, 9.17) is 0 Å². The zero-order chi connectivity index (χ0) is 19.7. The van der Waals surface area contributed by atoms with Crippen molar-refractivity contribution in [2.75, 3.05) is 18.0 Å². The number of aliphatic hydroxyl groups is 1. The molecule has 2 aromatic carbocycles. The van der Waals surface area contributed by atoms with Crippen molar-refractivity contribution in [1.29, 1.82) is 0 Å². The summed E-state index contributed by atoms with van der Waals surface area (Å²) in [4.78, 5) is 29.8. The first kappa shape index (κ1) is 18.2. The molecule has 0 unspecified atom stereocenters. The summed E-state index contributed by atoms with van der Waals surface area (Å²) in [5, 5.41) is 14.2. The molecule has 0 bridgehead atoms. The fraction of sp³-hybridized carbons (Fsp3) is 0.238. The topological polar surface area (TPSA) is 85.4 Å². The van der Waals surface area contributed by atoms with Crippen LogP contribution in [-0.4, -0.2) is 40.6 Å². The molecule has 144 valence electrons. The van der Waals surface area contributed by atoms with Crippen LogP contribution in [0.15, 0.2) is 54.7 Å². The van der Waals surface area contributed by atoms with Gasteiger partial charge in [0.25, 0.3) is 11.8 Å². The van der Waals surface area contributed by atoms with E-state index in [0.29, 0.717) is 11.3 Å². The summed E-state index contributed by atoms with van der Waals surface area (Å²) in [5.41, 5.74) is -0.0693. The predicted octanol–water partition coefficient (Wildman–Crippen LogP) is 2.13. The highest BCUT2D eigenvalue weighted by Crippen LogP contribution is 2.30. The summed E-state index contributed by atoms with van der Waals surface area (Å²) in [6.07, 6.45) is 2.08. The van der Waals surface area contributed by atoms with Gasteiger partial charge in [0.15, 0.2) is 0 Å². The van der Waals surface area contributed by atoms with Crippen LogP contribution in [0, 0.1) is 5.82 Å². The average molecular weight is 381 g/mol. The van der Waals surface area contributed by atoms with E-state index in [1.54, 1.807) is 30.5 Å². The van der Waals surface area contributed by atoms with Crippen molar-refractivity contribution in [1.82, 2.24) is 10.3 Å². The summed E-state index contributed by atoms with van der Waals surface area (Å²) in [7, 11) is 0. The third-order valence-corrected chi connectivity index (χ3v) is 5.16. The zero-order valence-corrected chi connectivity index (χ0v) is 15.1. The van der Waals surface area contributed by atoms with Crippen LogP contribution in [0.25, 0.3) is 10.9 Å². The molecule has 1 saturated heterocycles. The lowest BCUT2D eigenvalue weighted by Gasteiger charge is -2.22. The summed E-state index contributed by atoms with van der Waals surface area (Å²) in [6.45, 7) is 0.372. The lowest BCUT2D eigenvalue weighted by molar-refractivity contribution is -0.149. The Morgan fingerprint density at radius 3 is 2.89 bits per heavy atom. The molecule has 1 aliphatic rings. The van der Waals surface area contributed by atoms with Gasteiger partial charge < -0.3 is 20.3 Å². The largest absolute Gasteiger partial charge is 0.372 e. The molecule has 0 aliphatic carbocycles. The van der Waals surface area contributed by atoms with Gasteiger partial charge in [-0.25, -0.2) is 4.39 Å². The number of benzene rings is 2. The molecule has 1 aliphatic heterocycles. The number of nitrogens with zero attached hydrogens (tertiary/aromatic N) is 1. The van der Waals surface area contributed by atoms with E-state index in [-0.39, 0.29) is 31.7 Å². The summed E-state index contributed by atoms with van der Waals surface area (Å²) in [5.74, 6) is -1.75. The van der Waals surface area contributed by atoms with Gasteiger partial charge in [-0.2, -0.15) is 0 Å². The normalized spacial score (nSPS) is 19.4. The minimum atomic E-state index is -2.11. The second-order valence-corrected chi connectivity index (χ2v) is 6.91. The predicted molar refractivity (Wildman–Crippen MR) is 103 cm³/mol. The first-order valence-corrected chi connectivity index (χ1v) is 9.12. The molecule has 28 heavy (non-hydrogen) atoms. The van der Waals surface area contributed by atoms with Crippen LogP contribution in [0.1, 0.15) is 12.0 Å². The van der Waals surface area contributed by atoms with Crippen LogP contribution in [0.5, 0.6) is 0 Å². The van der Waals surface area contributed by atoms with Gasteiger partial charge in [-0.15, -0.1) is 0 Å². The van der Waals surface area contributed by atoms with E-state index in [2.05, 4.69) is 10.3 Å². The Morgan fingerprint density at radius 1 is 1.25 bits per heavy atom. The molecule has 6 nitrogen and oxygen atoms in total. The molecule has 3 aromatic rings. The molecule has 0 saturated carbocycles. The van der Waals surface area contributed by atoms with Gasteiger partial charge >= 0.3 is 0 Å². The quantitative estimate of drug-likeness (QED) is 0.592. The van der Waals surface area contributed by atoms with Gasteiger partial charge in [0.05, 0.1) is 0 Å². The van der Waals surface area contributed by atoms with Crippen molar-refractivity contribution >= 4 is 28.4 Å². The first-order valence-electron chi connectivity index (χ1n) is 9.12. The second-order valence-electron chi connectivity index (χ2n) is 6.91. The molecule has 1 fully saturated rings. The monoisotopic (exact) mass is 381 g/mol. The van der Waals surface area contributed by atoms with Gasteiger partial charge in [0.2, 0.25) is 5.60 Å². The number of aromatic nitrogens is 1. The minimum absolute atomic E-state index is 0.00252. The van der Waals surface area contributed by atoms with E-state index in [9.17, 15) is 19.1 Å². The van der Waals surface area contributed by atoms with Crippen molar-refractivity contribution in [3.63, 3.8) is 0 Å². The van der Waals surface area contributed by atoms with E-state index in [0.717, 1.165) is 10.9 Å². The number of hydrogen-bond donors (Lipinski definition) is 3. The number of hydrogen-bond acceptors (Lipinski definition) is 3. The maximum atomic E-state index is 13.7. The second kappa shape index (κ2) is 7.09. The first-order chi connectivity index (χ1) is 13.5. The van der Waals surface area contributed by atoms with E-state index >= 15 is 0 Å². The van der Waals surface area contributed by atoms with Crippen molar-refractivity contribution < 1.29 is 19.1 Å². The summed E-state index contributed by atoms with van der Waals surface area (Å²) >= 11 is 0. The Balaban J connectivity index is 1.43. The summed E-state index contributed by atoms with van der Waals surface area (Å²) < 4.78 is 13.7. The van der Waals surface area contributed by atoms with Crippen LogP contribution >= 0.6 is 0 Å². The molecule has 2 heterocycles. The van der Waals surface area contributed by atoms with Crippen molar-refractivity contribution in [2.24, 2.45) is 0 Å². The molecular weight excluding hydrogens is 361 g/mol. The standard InChI is InChI=1S/C21H20FN3O3/c22-17-4-2-1-3-14(17)7-11-24-19(26)21(28)9-12-25(20(21)27)16-5-6-18-15(13-16)8-10-23-18/h1-6,8,10,13,23,28H,7,9,11-12H2,(H,24,26)/t21-/m0/s1. The molecule has 1 aromatic heterocycles. The maximum Gasteiger partial charge on any atom is 0.268 e. The van der Waals surface area contributed by atoms with E-state index in [1.807, 2.05) is 18.2 Å². The lowest BCUT2D eigenvalue weighted by atomic mass is 10.0. The SMILES string of the molecule is O=C(NCCc1ccccc1F)[C@@]1(O)CCN(c2ccc3[nH]ccc3c2)C1=O. The number of amides is 2.